The molecule has 1 aliphatic rings. The second-order valence-corrected chi connectivity index (χ2v) is 14.3. The van der Waals surface area contributed by atoms with Crippen molar-refractivity contribution >= 4 is 15.7 Å². The van der Waals surface area contributed by atoms with E-state index in [0.29, 0.717) is 12.4 Å². The molecule has 0 aliphatic carbocycles. The highest BCUT2D eigenvalue weighted by molar-refractivity contribution is 7.92. The van der Waals surface area contributed by atoms with Crippen molar-refractivity contribution in [3.63, 3.8) is 0 Å². The average Bonchev–Trinajstić information content (AvgIpc) is 3.22. The molecule has 0 saturated heterocycles. The molecule has 0 atom stereocenters. The Morgan fingerprint density at radius 1 is 0.818 bits per heavy atom. The van der Waals surface area contributed by atoms with Gasteiger partial charge in [0.2, 0.25) is 0 Å². The first kappa shape index (κ1) is 31.7. The molecule has 0 unspecified atom stereocenters. The van der Waals surface area contributed by atoms with Crippen molar-refractivity contribution in [1.29, 1.82) is 0 Å². The lowest BCUT2D eigenvalue weighted by molar-refractivity contribution is 0.291. The fourth-order valence-corrected chi connectivity index (χ4v) is 6.70. The smallest absolute Gasteiger partial charge is 0.261 e. The maximum atomic E-state index is 14.9. The van der Waals surface area contributed by atoms with E-state index in [2.05, 4.69) is 66.8 Å². The molecule has 44 heavy (non-hydrogen) atoms. The van der Waals surface area contributed by atoms with E-state index in [1.54, 1.807) is 18.2 Å². The summed E-state index contributed by atoms with van der Waals surface area (Å²) in [5.74, 6) is -0.303. The van der Waals surface area contributed by atoms with Crippen LogP contribution in [0.2, 0.25) is 0 Å². The van der Waals surface area contributed by atoms with Crippen molar-refractivity contribution in [3.8, 4) is 5.75 Å². The zero-order chi connectivity index (χ0) is 31.2. The van der Waals surface area contributed by atoms with E-state index in [-0.39, 0.29) is 16.0 Å². The summed E-state index contributed by atoms with van der Waals surface area (Å²) in [7, 11) is -3.96. The molecule has 4 aromatic carbocycles. The van der Waals surface area contributed by atoms with Gasteiger partial charge in [-0.1, -0.05) is 81.4 Å². The highest BCUT2D eigenvalue weighted by atomic mass is 32.2. The molecule has 4 aromatic rings. The minimum atomic E-state index is -3.96. The highest BCUT2D eigenvalue weighted by Gasteiger charge is 2.21. The van der Waals surface area contributed by atoms with Crippen LogP contribution in [0.5, 0.6) is 5.75 Å². The number of sulfonamides is 1. The first-order valence-electron chi connectivity index (χ1n) is 15.5. The third kappa shape index (κ3) is 8.48. The molecule has 0 bridgehead atoms. The molecule has 1 aliphatic heterocycles. The maximum Gasteiger partial charge on any atom is 0.261 e. The Balaban J connectivity index is 1.14. The number of ether oxygens (including phenoxy) is 1. The molecule has 0 fully saturated rings. The summed E-state index contributed by atoms with van der Waals surface area (Å²) in [6, 6.07) is 28.5. The van der Waals surface area contributed by atoms with E-state index >= 15 is 0 Å². The second kappa shape index (κ2) is 14.0. The molecule has 5 nitrogen and oxygen atoms in total. The van der Waals surface area contributed by atoms with Crippen LogP contribution >= 0.6 is 0 Å². The predicted octanol–water partition coefficient (Wildman–Crippen LogP) is 7.58. The number of hydrogen-bond acceptors (Lipinski definition) is 4. The van der Waals surface area contributed by atoms with Gasteiger partial charge in [0.25, 0.3) is 10.0 Å². The number of fused-ring (bicyclic) bond motifs is 1. The molecular formula is C37H43FN2O3S. The van der Waals surface area contributed by atoms with Crippen molar-refractivity contribution < 1.29 is 17.5 Å². The number of anilines is 1. The Labute approximate surface area is 262 Å². The van der Waals surface area contributed by atoms with Crippen molar-refractivity contribution in [2.45, 2.75) is 63.2 Å². The zero-order valence-electron chi connectivity index (χ0n) is 26.0. The fourth-order valence-electron chi connectivity index (χ4n) is 5.58. The third-order valence-corrected chi connectivity index (χ3v) is 9.69. The molecule has 0 aromatic heterocycles. The molecular weight excluding hydrogens is 571 g/mol. The maximum absolute atomic E-state index is 14.9. The summed E-state index contributed by atoms with van der Waals surface area (Å²) in [6.07, 6.45) is 4.28. The lowest BCUT2D eigenvalue weighted by Gasteiger charge is -2.21. The lowest BCUT2D eigenvalue weighted by atomic mass is 9.86. The highest BCUT2D eigenvalue weighted by Crippen LogP contribution is 2.26. The summed E-state index contributed by atoms with van der Waals surface area (Å²) < 4.78 is 49.5. The number of nitrogens with one attached hydrogen (secondary N) is 1. The fraction of sp³-hybridized carbons (Fsp3) is 0.351. The predicted molar refractivity (Wildman–Crippen MR) is 177 cm³/mol. The average molecular weight is 615 g/mol. The Morgan fingerprint density at radius 3 is 2.23 bits per heavy atom. The van der Waals surface area contributed by atoms with Gasteiger partial charge in [0.15, 0.2) is 5.82 Å². The van der Waals surface area contributed by atoms with E-state index in [1.165, 1.54) is 34.4 Å². The number of aryl methyl sites for hydroxylation is 1. The van der Waals surface area contributed by atoms with Crippen LogP contribution in [0.1, 0.15) is 55.0 Å². The van der Waals surface area contributed by atoms with Crippen LogP contribution in [0.4, 0.5) is 10.1 Å². The quantitative estimate of drug-likeness (QED) is 0.177. The molecule has 7 heteroatoms. The number of benzene rings is 4. The molecule has 1 heterocycles. The van der Waals surface area contributed by atoms with E-state index < -0.39 is 15.8 Å². The normalized spacial score (nSPS) is 14.1. The zero-order valence-corrected chi connectivity index (χ0v) is 26.8. The van der Waals surface area contributed by atoms with Crippen LogP contribution in [0.3, 0.4) is 0 Å². The summed E-state index contributed by atoms with van der Waals surface area (Å²) >= 11 is 0. The van der Waals surface area contributed by atoms with Crippen molar-refractivity contribution in [2.75, 3.05) is 31.0 Å². The molecule has 0 radical (unpaired) electrons. The van der Waals surface area contributed by atoms with Gasteiger partial charge in [-0.2, -0.15) is 0 Å². The summed E-state index contributed by atoms with van der Waals surface area (Å²) in [5, 5.41) is 0. The largest absolute Gasteiger partial charge is 0.493 e. The number of nitrogens with zero attached hydrogens (tertiary/aromatic N) is 1. The second-order valence-electron chi connectivity index (χ2n) is 12.7. The van der Waals surface area contributed by atoms with Gasteiger partial charge in [-0.15, -0.1) is 0 Å². The van der Waals surface area contributed by atoms with Gasteiger partial charge in [0.05, 0.1) is 17.2 Å². The molecule has 232 valence electrons. The topological polar surface area (TPSA) is 58.6 Å². The molecule has 5 rings (SSSR count). The van der Waals surface area contributed by atoms with Crippen LogP contribution in [-0.2, 0) is 41.1 Å². The van der Waals surface area contributed by atoms with Gasteiger partial charge in [-0.3, -0.25) is 4.72 Å². The minimum Gasteiger partial charge on any atom is -0.493 e. The van der Waals surface area contributed by atoms with Crippen LogP contribution in [0.25, 0.3) is 0 Å². The van der Waals surface area contributed by atoms with Crippen LogP contribution in [0, 0.1) is 5.82 Å². The van der Waals surface area contributed by atoms with Crippen LogP contribution < -0.4 is 9.46 Å². The van der Waals surface area contributed by atoms with Gasteiger partial charge in [0, 0.05) is 25.7 Å². The van der Waals surface area contributed by atoms with Gasteiger partial charge >= 0.3 is 0 Å². The van der Waals surface area contributed by atoms with E-state index in [9.17, 15) is 12.8 Å². The first-order valence-corrected chi connectivity index (χ1v) is 17.0. The van der Waals surface area contributed by atoms with E-state index in [0.717, 1.165) is 57.3 Å². The summed E-state index contributed by atoms with van der Waals surface area (Å²) in [6.45, 7) is 9.88. The van der Waals surface area contributed by atoms with Crippen LogP contribution in [0.15, 0.2) is 95.9 Å². The van der Waals surface area contributed by atoms with Crippen molar-refractivity contribution in [1.82, 2.24) is 4.90 Å². The minimum absolute atomic E-state index is 0.0988. The van der Waals surface area contributed by atoms with Gasteiger partial charge in [-0.05, 0) is 89.6 Å². The summed E-state index contributed by atoms with van der Waals surface area (Å²) in [5.41, 5.74) is 6.14. The first-order chi connectivity index (χ1) is 21.1. The lowest BCUT2D eigenvalue weighted by Crippen LogP contribution is -2.28. The monoisotopic (exact) mass is 614 g/mol. The van der Waals surface area contributed by atoms with Gasteiger partial charge < -0.3 is 9.64 Å². The molecule has 0 amide bonds. The number of hydrogen-bond donors (Lipinski definition) is 1. The van der Waals surface area contributed by atoms with Gasteiger partial charge in [0.1, 0.15) is 5.75 Å². The molecule has 1 N–H and O–H groups in total. The Kier molecular flexibility index (Phi) is 10.1. The number of halogens is 1. The van der Waals surface area contributed by atoms with Crippen molar-refractivity contribution in [3.05, 3.63) is 125 Å². The van der Waals surface area contributed by atoms with Crippen molar-refractivity contribution in [2.24, 2.45) is 0 Å². The Hall–Kier alpha value is -3.68. The van der Waals surface area contributed by atoms with Gasteiger partial charge in [-0.25, -0.2) is 12.8 Å². The summed E-state index contributed by atoms with van der Waals surface area (Å²) in [4.78, 5) is 2.59. The standard InChI is InChI=1S/C37H43FN2O3S/c1-37(2,3)32-14-11-29(12-15-32)19-22-40-23-20-30-13-17-34(26-31(30)21-24-40)44(41,42)39-36-18-16-33(27-35(36)38)43-25-7-10-28-8-5-4-6-9-28/h4-6,8-9,11-18,26-27,39H,7,10,19-25H2,1-3H3. The Bertz CT molecular complexity index is 1650. The number of rotatable bonds is 11. The SMILES string of the molecule is CC(C)(C)c1ccc(CCN2CCc3ccc(S(=O)(=O)Nc4ccc(OCCCc5ccccc5)cc4F)cc3CC2)cc1. The third-order valence-electron chi connectivity index (χ3n) is 8.33. The molecule has 0 spiro atoms. The van der Waals surface area contributed by atoms with E-state index in [1.807, 2.05) is 24.3 Å². The Morgan fingerprint density at radius 2 is 1.52 bits per heavy atom. The molecule has 0 saturated carbocycles. The van der Waals surface area contributed by atoms with Crippen LogP contribution in [-0.4, -0.2) is 39.6 Å². The van der Waals surface area contributed by atoms with E-state index in [4.69, 9.17) is 4.74 Å².